The van der Waals surface area contributed by atoms with Crippen LogP contribution in [0, 0.1) is 0 Å². The van der Waals surface area contributed by atoms with Crippen LogP contribution < -0.4 is 5.63 Å². The van der Waals surface area contributed by atoms with Crippen molar-refractivity contribution in [1.82, 2.24) is 9.78 Å². The normalized spacial score (nSPS) is 11.2. The molecule has 2 aromatic carbocycles. The van der Waals surface area contributed by atoms with Gasteiger partial charge in [0, 0.05) is 17.1 Å². The first-order valence-electron chi connectivity index (χ1n) is 8.06. The Hall–Kier alpha value is -3.73. The van der Waals surface area contributed by atoms with Gasteiger partial charge in [-0.05, 0) is 36.4 Å². The van der Waals surface area contributed by atoms with E-state index >= 15 is 0 Å². The molecule has 5 nitrogen and oxygen atoms in total. The van der Waals surface area contributed by atoms with Crippen LogP contribution in [0.15, 0.2) is 88.3 Å². The molecule has 2 heterocycles. The predicted octanol–water partition coefficient (Wildman–Crippen LogP) is 3.87. The number of carbonyl (C=O) groups is 1. The molecule has 5 heteroatoms. The number of allylic oxidation sites excluding steroid dienone is 1. The van der Waals surface area contributed by atoms with Gasteiger partial charge in [0.05, 0.1) is 11.9 Å². The number of fused-ring (bicyclic) bond motifs is 1. The van der Waals surface area contributed by atoms with E-state index in [0.29, 0.717) is 11.0 Å². The fraction of sp³-hybridized carbons (Fsp3) is 0. The van der Waals surface area contributed by atoms with Crippen LogP contribution in [-0.2, 0) is 0 Å². The summed E-state index contributed by atoms with van der Waals surface area (Å²) in [6, 6.07) is 18.3. The second kappa shape index (κ2) is 6.64. The molecule has 26 heavy (non-hydrogen) atoms. The summed E-state index contributed by atoms with van der Waals surface area (Å²) in [5, 5.41) is 4.98. The summed E-state index contributed by atoms with van der Waals surface area (Å²) in [4.78, 5) is 24.4. The number of aromatic nitrogens is 2. The number of carbonyl (C=O) groups excluding carboxylic acids is 1. The highest BCUT2D eigenvalue weighted by Crippen LogP contribution is 2.14. The van der Waals surface area contributed by atoms with Crippen LogP contribution >= 0.6 is 0 Å². The average molecular weight is 342 g/mol. The van der Waals surface area contributed by atoms with E-state index in [2.05, 4.69) is 5.10 Å². The van der Waals surface area contributed by atoms with Crippen molar-refractivity contribution < 1.29 is 9.21 Å². The smallest absolute Gasteiger partial charge is 0.347 e. The van der Waals surface area contributed by atoms with E-state index in [0.717, 1.165) is 11.3 Å². The van der Waals surface area contributed by atoms with E-state index < -0.39 is 11.4 Å². The second-order valence-corrected chi connectivity index (χ2v) is 5.74. The molecule has 2 aromatic heterocycles. The number of hydrogen-bond acceptors (Lipinski definition) is 4. The lowest BCUT2D eigenvalue weighted by Gasteiger charge is -1.99. The third-order valence-electron chi connectivity index (χ3n) is 3.96. The van der Waals surface area contributed by atoms with Crippen molar-refractivity contribution in [3.05, 3.63) is 101 Å². The van der Waals surface area contributed by atoms with Gasteiger partial charge in [0.25, 0.3) is 0 Å². The minimum Gasteiger partial charge on any atom is -0.422 e. The van der Waals surface area contributed by atoms with Gasteiger partial charge < -0.3 is 4.42 Å². The van der Waals surface area contributed by atoms with Crippen LogP contribution in [0.1, 0.15) is 15.9 Å². The van der Waals surface area contributed by atoms with Crippen molar-refractivity contribution in [3.63, 3.8) is 0 Å². The third-order valence-corrected chi connectivity index (χ3v) is 3.96. The Morgan fingerprint density at radius 3 is 2.65 bits per heavy atom. The van der Waals surface area contributed by atoms with Gasteiger partial charge in [0.1, 0.15) is 11.1 Å². The summed E-state index contributed by atoms with van der Waals surface area (Å²) in [5.41, 5.74) is 1.51. The molecule has 0 saturated carbocycles. The maximum Gasteiger partial charge on any atom is 0.347 e. The molecule has 4 aromatic rings. The summed E-state index contributed by atoms with van der Waals surface area (Å²) in [7, 11) is 0. The van der Waals surface area contributed by atoms with Crippen LogP contribution in [0.3, 0.4) is 0 Å². The zero-order chi connectivity index (χ0) is 17.9. The van der Waals surface area contributed by atoms with Crippen molar-refractivity contribution in [2.24, 2.45) is 0 Å². The summed E-state index contributed by atoms with van der Waals surface area (Å²) < 4.78 is 6.92. The van der Waals surface area contributed by atoms with Crippen molar-refractivity contribution in [1.29, 1.82) is 0 Å². The minimum atomic E-state index is -0.640. The number of nitrogens with zero attached hydrogens (tertiary/aromatic N) is 2. The van der Waals surface area contributed by atoms with Gasteiger partial charge >= 0.3 is 5.63 Å². The Labute approximate surface area is 148 Å². The second-order valence-electron chi connectivity index (χ2n) is 5.74. The first-order chi connectivity index (χ1) is 12.7. The minimum absolute atomic E-state index is 0.00963. The molecule has 0 aliphatic rings. The van der Waals surface area contributed by atoms with E-state index in [4.69, 9.17) is 4.42 Å². The molecule has 0 unspecified atom stereocenters. The third kappa shape index (κ3) is 3.10. The zero-order valence-electron chi connectivity index (χ0n) is 13.7. The highest BCUT2D eigenvalue weighted by molar-refractivity contribution is 6.07. The maximum atomic E-state index is 12.4. The molecule has 126 valence electrons. The average Bonchev–Trinajstić information content (AvgIpc) is 3.15. The monoisotopic (exact) mass is 342 g/mol. The van der Waals surface area contributed by atoms with Crippen LogP contribution in [0.2, 0.25) is 0 Å². The van der Waals surface area contributed by atoms with E-state index in [1.54, 1.807) is 41.2 Å². The van der Waals surface area contributed by atoms with E-state index in [1.807, 2.05) is 42.6 Å². The maximum absolute atomic E-state index is 12.4. The van der Waals surface area contributed by atoms with Gasteiger partial charge in [-0.1, -0.05) is 36.4 Å². The van der Waals surface area contributed by atoms with Crippen molar-refractivity contribution in [2.45, 2.75) is 0 Å². The van der Waals surface area contributed by atoms with Crippen molar-refractivity contribution in [2.75, 3.05) is 0 Å². The number of hydrogen-bond donors (Lipinski definition) is 0. The molecule has 0 radical (unpaired) electrons. The summed E-state index contributed by atoms with van der Waals surface area (Å²) in [5.74, 6) is -0.406. The molecule has 0 amide bonds. The molecule has 0 fully saturated rings. The molecule has 0 aliphatic heterocycles. The van der Waals surface area contributed by atoms with Gasteiger partial charge in [0.15, 0.2) is 5.78 Å². The quantitative estimate of drug-likeness (QED) is 0.321. The topological polar surface area (TPSA) is 65.1 Å². The first kappa shape index (κ1) is 15.8. The molecule has 0 N–H and O–H groups in total. The Morgan fingerprint density at radius 1 is 1.04 bits per heavy atom. The van der Waals surface area contributed by atoms with Crippen LogP contribution in [0.5, 0.6) is 0 Å². The highest BCUT2D eigenvalue weighted by atomic mass is 16.4. The van der Waals surface area contributed by atoms with Gasteiger partial charge in [0.2, 0.25) is 0 Å². The molecule has 0 saturated heterocycles. The lowest BCUT2D eigenvalue weighted by molar-refractivity contribution is 0.104. The van der Waals surface area contributed by atoms with Crippen LogP contribution in [0.25, 0.3) is 22.7 Å². The highest BCUT2D eigenvalue weighted by Gasteiger charge is 2.11. The van der Waals surface area contributed by atoms with Gasteiger partial charge in [-0.2, -0.15) is 5.10 Å². The van der Waals surface area contributed by atoms with Crippen molar-refractivity contribution in [3.8, 4) is 5.69 Å². The zero-order valence-corrected chi connectivity index (χ0v) is 13.7. The van der Waals surface area contributed by atoms with Crippen molar-refractivity contribution >= 4 is 22.8 Å². The number of ketones is 1. The number of rotatable bonds is 4. The first-order valence-corrected chi connectivity index (χ1v) is 8.06. The molecule has 4 rings (SSSR count). The Bertz CT molecular complexity index is 1170. The van der Waals surface area contributed by atoms with E-state index in [-0.39, 0.29) is 5.56 Å². The molecule has 0 aliphatic carbocycles. The Balaban J connectivity index is 1.60. The molecule has 0 bridgehead atoms. The number of benzene rings is 2. The fourth-order valence-corrected chi connectivity index (χ4v) is 2.64. The molecular formula is C21H14N2O3. The molecular weight excluding hydrogens is 328 g/mol. The molecule has 0 spiro atoms. The van der Waals surface area contributed by atoms with Gasteiger partial charge in [-0.25, -0.2) is 9.48 Å². The lowest BCUT2D eigenvalue weighted by Crippen LogP contribution is -2.11. The van der Waals surface area contributed by atoms with E-state index in [9.17, 15) is 9.59 Å². The predicted molar refractivity (Wildman–Crippen MR) is 99.4 cm³/mol. The fourth-order valence-electron chi connectivity index (χ4n) is 2.64. The van der Waals surface area contributed by atoms with Gasteiger partial charge in [-0.3, -0.25) is 4.79 Å². The Kier molecular flexibility index (Phi) is 4.03. The Morgan fingerprint density at radius 2 is 1.81 bits per heavy atom. The number of para-hydroxylation sites is 2. The van der Waals surface area contributed by atoms with Gasteiger partial charge in [-0.15, -0.1) is 0 Å². The largest absolute Gasteiger partial charge is 0.422 e. The summed E-state index contributed by atoms with van der Waals surface area (Å²) >= 11 is 0. The molecule has 0 atom stereocenters. The van der Waals surface area contributed by atoms with E-state index in [1.165, 1.54) is 6.08 Å². The standard InChI is InChI=1S/C21H14N2O3/c24-19(18-12-16-6-4-5-9-20(16)26-21(18)25)11-10-15-13-22-23(14-15)17-7-2-1-3-8-17/h1-14H. The SMILES string of the molecule is O=C(C=Cc1cnn(-c2ccccc2)c1)c1cc2ccccc2oc1=O. The summed E-state index contributed by atoms with van der Waals surface area (Å²) in [6.45, 7) is 0. The lowest BCUT2D eigenvalue weighted by atomic mass is 10.1. The van der Waals surface area contributed by atoms with Crippen LogP contribution in [-0.4, -0.2) is 15.6 Å². The summed E-state index contributed by atoms with van der Waals surface area (Å²) in [6.07, 6.45) is 6.44. The van der Waals surface area contributed by atoms with Crippen LogP contribution in [0.4, 0.5) is 0 Å².